The number of hydrogen-bond acceptors (Lipinski definition) is 3. The van der Waals surface area contributed by atoms with Gasteiger partial charge in [0.1, 0.15) is 17.7 Å². The van der Waals surface area contributed by atoms with Crippen molar-refractivity contribution in [3.05, 3.63) is 29.6 Å². The number of aliphatic hydroxyl groups is 1. The van der Waals surface area contributed by atoms with Crippen molar-refractivity contribution in [2.24, 2.45) is 5.41 Å². The normalized spacial score (nSPS) is 19.6. The van der Waals surface area contributed by atoms with Crippen LogP contribution in [0.5, 0.6) is 5.75 Å². The molecule has 2 rings (SSSR count). The summed E-state index contributed by atoms with van der Waals surface area (Å²) in [6.07, 6.45) is 1.15. The van der Waals surface area contributed by atoms with Crippen LogP contribution in [0.4, 0.5) is 4.39 Å². The van der Waals surface area contributed by atoms with Crippen LogP contribution in [0.1, 0.15) is 32.8 Å². The first-order valence-corrected chi connectivity index (χ1v) is 7.17. The summed E-state index contributed by atoms with van der Waals surface area (Å²) >= 11 is 0. The molecule has 0 saturated carbocycles. The summed E-state index contributed by atoms with van der Waals surface area (Å²) in [4.78, 5) is 0. The van der Waals surface area contributed by atoms with Gasteiger partial charge in [0.15, 0.2) is 0 Å². The van der Waals surface area contributed by atoms with Crippen LogP contribution in [0.25, 0.3) is 0 Å². The predicted molar refractivity (Wildman–Crippen MR) is 77.5 cm³/mol. The van der Waals surface area contributed by atoms with E-state index < -0.39 is 0 Å². The van der Waals surface area contributed by atoms with Crippen LogP contribution in [0.15, 0.2) is 18.2 Å². The Bertz CT molecular complexity index is 456. The van der Waals surface area contributed by atoms with Gasteiger partial charge in [-0.2, -0.15) is 0 Å². The summed E-state index contributed by atoms with van der Waals surface area (Å²) in [5.74, 6) is 0.551. The van der Waals surface area contributed by atoms with Crippen LogP contribution in [-0.4, -0.2) is 30.4 Å². The van der Waals surface area contributed by atoms with Gasteiger partial charge in [0.25, 0.3) is 0 Å². The molecule has 2 atom stereocenters. The molecule has 20 heavy (non-hydrogen) atoms. The molecule has 2 unspecified atom stereocenters. The molecule has 0 fully saturated rings. The molecule has 1 aromatic rings. The lowest BCUT2D eigenvalue weighted by Gasteiger charge is -2.23. The Morgan fingerprint density at radius 2 is 2.20 bits per heavy atom. The minimum atomic E-state index is -0.351. The van der Waals surface area contributed by atoms with Crippen LogP contribution < -0.4 is 10.1 Å². The lowest BCUT2D eigenvalue weighted by Crippen LogP contribution is -2.36. The van der Waals surface area contributed by atoms with Crippen LogP contribution in [0, 0.1) is 11.2 Å². The number of benzene rings is 1. The number of aliphatic hydroxyl groups excluding tert-OH is 1. The maximum absolute atomic E-state index is 13.1. The molecule has 0 saturated heterocycles. The summed E-state index contributed by atoms with van der Waals surface area (Å²) in [7, 11) is 0. The van der Waals surface area contributed by atoms with Crippen LogP contribution >= 0.6 is 0 Å². The fraction of sp³-hybridized carbons (Fsp3) is 0.625. The first kappa shape index (κ1) is 15.3. The third-order valence-corrected chi connectivity index (χ3v) is 3.36. The molecule has 0 radical (unpaired) electrons. The highest BCUT2D eigenvalue weighted by molar-refractivity contribution is 5.37. The van der Waals surface area contributed by atoms with Gasteiger partial charge < -0.3 is 15.2 Å². The van der Waals surface area contributed by atoms with Gasteiger partial charge in [-0.05, 0) is 30.0 Å². The monoisotopic (exact) mass is 281 g/mol. The molecule has 4 heteroatoms. The van der Waals surface area contributed by atoms with Gasteiger partial charge in [-0.1, -0.05) is 20.8 Å². The molecule has 0 aromatic heterocycles. The average molecular weight is 281 g/mol. The predicted octanol–water partition coefficient (Wildman–Crippen LogP) is 2.52. The zero-order chi connectivity index (χ0) is 14.8. The fourth-order valence-corrected chi connectivity index (χ4v) is 2.59. The highest BCUT2D eigenvalue weighted by atomic mass is 19.1. The van der Waals surface area contributed by atoms with E-state index >= 15 is 0 Å². The van der Waals surface area contributed by atoms with Crippen molar-refractivity contribution < 1.29 is 14.2 Å². The van der Waals surface area contributed by atoms with E-state index in [2.05, 4.69) is 26.1 Å². The number of hydrogen-bond donors (Lipinski definition) is 2. The minimum absolute atomic E-state index is 0.0219. The number of rotatable bonds is 5. The zero-order valence-corrected chi connectivity index (χ0v) is 12.4. The lowest BCUT2D eigenvalue weighted by atomic mass is 9.89. The molecule has 112 valence electrons. The molecule has 0 amide bonds. The molecule has 1 aliphatic rings. The molecular weight excluding hydrogens is 257 g/mol. The van der Waals surface area contributed by atoms with E-state index in [9.17, 15) is 9.50 Å². The fourth-order valence-electron chi connectivity index (χ4n) is 2.59. The summed E-state index contributed by atoms with van der Waals surface area (Å²) in [5, 5.41) is 13.1. The lowest BCUT2D eigenvalue weighted by molar-refractivity contribution is 0.115. The van der Waals surface area contributed by atoms with Gasteiger partial charge in [0.2, 0.25) is 0 Å². The van der Waals surface area contributed by atoms with Crippen LogP contribution in [-0.2, 0) is 6.42 Å². The number of ether oxygens (including phenoxy) is 1. The van der Waals surface area contributed by atoms with E-state index in [-0.39, 0.29) is 23.4 Å². The SMILES string of the molecule is CC(C)(C)CC(O)CNCC1Cc2cc(F)ccc2O1. The number of fused-ring (bicyclic) bond motifs is 1. The summed E-state index contributed by atoms with van der Waals surface area (Å²) < 4.78 is 18.8. The summed E-state index contributed by atoms with van der Waals surface area (Å²) in [6, 6.07) is 4.63. The van der Waals surface area contributed by atoms with Crippen molar-refractivity contribution in [2.75, 3.05) is 13.1 Å². The molecule has 0 aliphatic carbocycles. The highest BCUT2D eigenvalue weighted by Crippen LogP contribution is 2.29. The Morgan fingerprint density at radius 1 is 1.45 bits per heavy atom. The Balaban J connectivity index is 1.72. The van der Waals surface area contributed by atoms with Crippen LogP contribution in [0.3, 0.4) is 0 Å². The second-order valence-corrected chi connectivity index (χ2v) is 6.77. The van der Waals surface area contributed by atoms with Crippen molar-refractivity contribution in [3.63, 3.8) is 0 Å². The van der Waals surface area contributed by atoms with Crippen molar-refractivity contribution in [2.45, 2.75) is 45.8 Å². The Hall–Kier alpha value is -1.13. The molecule has 2 N–H and O–H groups in total. The minimum Gasteiger partial charge on any atom is -0.488 e. The van der Waals surface area contributed by atoms with Gasteiger partial charge in [-0.3, -0.25) is 0 Å². The van der Waals surface area contributed by atoms with Gasteiger partial charge in [-0.15, -0.1) is 0 Å². The molecule has 0 bridgehead atoms. The largest absolute Gasteiger partial charge is 0.488 e. The van der Waals surface area contributed by atoms with Crippen LogP contribution in [0.2, 0.25) is 0 Å². The van der Waals surface area contributed by atoms with E-state index in [0.29, 0.717) is 13.1 Å². The number of halogens is 1. The molecule has 3 nitrogen and oxygen atoms in total. The van der Waals surface area contributed by atoms with Crippen molar-refractivity contribution in [1.29, 1.82) is 0 Å². The van der Waals surface area contributed by atoms with Crippen molar-refractivity contribution in [3.8, 4) is 5.75 Å². The second-order valence-electron chi connectivity index (χ2n) is 6.77. The topological polar surface area (TPSA) is 41.5 Å². The molecule has 1 aliphatic heterocycles. The summed E-state index contributed by atoms with van der Waals surface area (Å²) in [6.45, 7) is 7.56. The smallest absolute Gasteiger partial charge is 0.123 e. The quantitative estimate of drug-likeness (QED) is 0.871. The number of nitrogens with one attached hydrogen (secondary N) is 1. The van der Waals surface area contributed by atoms with Crippen molar-refractivity contribution >= 4 is 0 Å². The Morgan fingerprint density at radius 3 is 2.90 bits per heavy atom. The second kappa shape index (κ2) is 6.10. The average Bonchev–Trinajstić information content (AvgIpc) is 2.68. The van der Waals surface area contributed by atoms with E-state index in [1.807, 2.05) is 0 Å². The highest BCUT2D eigenvalue weighted by Gasteiger charge is 2.23. The van der Waals surface area contributed by atoms with Gasteiger partial charge >= 0.3 is 0 Å². The van der Waals surface area contributed by atoms with E-state index in [1.165, 1.54) is 12.1 Å². The summed E-state index contributed by atoms with van der Waals surface area (Å²) in [5.41, 5.74) is 1.05. The van der Waals surface area contributed by atoms with Gasteiger partial charge in [0, 0.05) is 25.1 Å². The maximum atomic E-state index is 13.1. The maximum Gasteiger partial charge on any atom is 0.123 e. The molecule has 1 heterocycles. The van der Waals surface area contributed by atoms with E-state index in [4.69, 9.17) is 4.74 Å². The first-order valence-electron chi connectivity index (χ1n) is 7.17. The zero-order valence-electron chi connectivity index (χ0n) is 12.4. The van der Waals surface area contributed by atoms with E-state index in [1.54, 1.807) is 6.07 Å². The first-order chi connectivity index (χ1) is 9.33. The standard InChI is InChI=1S/C16H24FNO2/c1-16(2,3)8-13(19)9-18-10-14-7-11-6-12(17)4-5-15(11)20-14/h4-6,13-14,18-19H,7-10H2,1-3H3. The van der Waals surface area contributed by atoms with E-state index in [0.717, 1.165) is 24.2 Å². The Kier molecular flexibility index (Phi) is 4.66. The molecule has 0 spiro atoms. The third kappa shape index (κ3) is 4.46. The van der Waals surface area contributed by atoms with Gasteiger partial charge in [0.05, 0.1) is 6.10 Å². The van der Waals surface area contributed by atoms with Crippen molar-refractivity contribution in [1.82, 2.24) is 5.32 Å². The van der Waals surface area contributed by atoms with Gasteiger partial charge in [-0.25, -0.2) is 4.39 Å². The molecule has 1 aromatic carbocycles. The Labute approximate surface area is 120 Å². The third-order valence-electron chi connectivity index (χ3n) is 3.36. The molecular formula is C16H24FNO2.